The Morgan fingerprint density at radius 2 is 2.16 bits per heavy atom. The van der Waals surface area contributed by atoms with E-state index in [0.29, 0.717) is 6.04 Å². The average Bonchev–Trinajstić information content (AvgIpc) is 2.89. The molecule has 0 saturated heterocycles. The second-order valence-corrected chi connectivity index (χ2v) is 6.95. The first-order chi connectivity index (χ1) is 9.11. The van der Waals surface area contributed by atoms with Crippen LogP contribution in [-0.4, -0.2) is 7.11 Å². The van der Waals surface area contributed by atoms with Gasteiger partial charge >= 0.3 is 0 Å². The van der Waals surface area contributed by atoms with Crippen molar-refractivity contribution in [2.45, 2.75) is 19.5 Å². The first-order valence-electron chi connectivity index (χ1n) is 5.90. The topological polar surface area (TPSA) is 21.3 Å². The summed E-state index contributed by atoms with van der Waals surface area (Å²) in [4.78, 5) is 1.34. The summed E-state index contributed by atoms with van der Waals surface area (Å²) in [6.45, 7) is 2.94. The summed E-state index contributed by atoms with van der Waals surface area (Å²) in [5, 5.41) is 5.62. The van der Waals surface area contributed by atoms with Crippen molar-refractivity contribution in [1.29, 1.82) is 0 Å². The lowest BCUT2D eigenvalue weighted by Gasteiger charge is -2.15. The first kappa shape index (κ1) is 15.0. The Labute approximate surface area is 134 Å². The lowest BCUT2D eigenvalue weighted by molar-refractivity contribution is 0.403. The molecule has 0 amide bonds. The van der Waals surface area contributed by atoms with Gasteiger partial charge in [-0.1, -0.05) is 22.0 Å². The Bertz CT molecular complexity index is 543. The van der Waals surface area contributed by atoms with Crippen molar-refractivity contribution in [2.75, 3.05) is 7.11 Å². The van der Waals surface area contributed by atoms with Crippen LogP contribution in [0.3, 0.4) is 0 Å². The molecular weight excluding hydrogens is 390 g/mol. The van der Waals surface area contributed by atoms with Crippen LogP contribution in [0.25, 0.3) is 0 Å². The Morgan fingerprint density at radius 1 is 1.37 bits per heavy atom. The smallest absolute Gasteiger partial charge is 0.137 e. The van der Waals surface area contributed by atoms with Gasteiger partial charge in [-0.3, -0.25) is 0 Å². The summed E-state index contributed by atoms with van der Waals surface area (Å²) < 4.78 is 7.45. The minimum Gasteiger partial charge on any atom is -0.495 e. The number of methoxy groups -OCH3 is 1. The molecule has 1 atom stereocenters. The zero-order chi connectivity index (χ0) is 13.8. The maximum absolute atomic E-state index is 5.45. The van der Waals surface area contributed by atoms with E-state index in [1.165, 1.54) is 4.88 Å². The van der Waals surface area contributed by atoms with E-state index in [1.807, 2.05) is 6.07 Å². The van der Waals surface area contributed by atoms with Gasteiger partial charge in [0.1, 0.15) is 5.75 Å². The van der Waals surface area contributed by atoms with Crippen molar-refractivity contribution >= 4 is 43.2 Å². The number of ether oxygens (including phenoxy) is 1. The van der Waals surface area contributed by atoms with E-state index in [1.54, 1.807) is 18.4 Å². The van der Waals surface area contributed by atoms with Crippen LogP contribution in [0.4, 0.5) is 0 Å². The molecule has 1 aromatic heterocycles. The van der Waals surface area contributed by atoms with Gasteiger partial charge in [-0.05, 0) is 46.4 Å². The first-order valence-corrected chi connectivity index (χ1v) is 8.37. The molecule has 1 N–H and O–H groups in total. The fourth-order valence-electron chi connectivity index (χ4n) is 1.87. The van der Waals surface area contributed by atoms with Crippen molar-refractivity contribution in [2.24, 2.45) is 0 Å². The number of nitrogens with one attached hydrogen (secondary N) is 1. The predicted molar refractivity (Wildman–Crippen MR) is 88.0 cm³/mol. The van der Waals surface area contributed by atoms with Gasteiger partial charge in [0.05, 0.1) is 11.6 Å². The highest BCUT2D eigenvalue weighted by atomic mass is 79.9. The Hall–Kier alpha value is -0.360. The van der Waals surface area contributed by atoms with E-state index in [2.05, 4.69) is 67.7 Å². The van der Waals surface area contributed by atoms with Crippen LogP contribution in [0.2, 0.25) is 0 Å². The molecule has 0 aliphatic heterocycles. The van der Waals surface area contributed by atoms with E-state index in [4.69, 9.17) is 4.74 Å². The predicted octanol–water partition coefficient (Wildman–Crippen LogP) is 5.13. The number of rotatable bonds is 5. The van der Waals surface area contributed by atoms with Crippen LogP contribution in [0.1, 0.15) is 23.4 Å². The molecule has 102 valence electrons. The summed E-state index contributed by atoms with van der Waals surface area (Å²) in [7, 11) is 1.69. The zero-order valence-electron chi connectivity index (χ0n) is 10.7. The van der Waals surface area contributed by atoms with Gasteiger partial charge in [-0.25, -0.2) is 0 Å². The van der Waals surface area contributed by atoms with E-state index in [-0.39, 0.29) is 0 Å². The third-order valence-corrected chi connectivity index (χ3v) is 4.96. The minimum atomic E-state index is 0.336. The molecule has 2 rings (SSSR count). The van der Waals surface area contributed by atoms with Gasteiger partial charge in [0.25, 0.3) is 0 Å². The summed E-state index contributed by atoms with van der Waals surface area (Å²) >= 11 is 8.80. The SMILES string of the molecule is COc1c(Br)cc(Br)cc1CN[C@H](C)c1cccs1. The summed E-state index contributed by atoms with van der Waals surface area (Å²) in [6.07, 6.45) is 0. The average molecular weight is 405 g/mol. The van der Waals surface area contributed by atoms with Crippen LogP contribution < -0.4 is 10.1 Å². The Kier molecular flexibility index (Phi) is 5.45. The van der Waals surface area contributed by atoms with Crippen molar-refractivity contribution in [3.8, 4) is 5.75 Å². The molecule has 0 bridgehead atoms. The Morgan fingerprint density at radius 3 is 2.79 bits per heavy atom. The zero-order valence-corrected chi connectivity index (χ0v) is 14.7. The molecule has 0 aliphatic rings. The third kappa shape index (κ3) is 3.81. The number of benzene rings is 1. The van der Waals surface area contributed by atoms with E-state index in [9.17, 15) is 0 Å². The van der Waals surface area contributed by atoms with Crippen LogP contribution in [0, 0.1) is 0 Å². The highest BCUT2D eigenvalue weighted by Gasteiger charge is 2.11. The van der Waals surface area contributed by atoms with Gasteiger partial charge in [-0.2, -0.15) is 0 Å². The van der Waals surface area contributed by atoms with Crippen molar-refractivity contribution in [3.05, 3.63) is 49.0 Å². The number of hydrogen-bond donors (Lipinski definition) is 1. The van der Waals surface area contributed by atoms with Crippen molar-refractivity contribution in [3.63, 3.8) is 0 Å². The summed E-state index contributed by atoms with van der Waals surface area (Å²) in [6, 6.07) is 8.63. The van der Waals surface area contributed by atoms with Crippen LogP contribution in [-0.2, 0) is 6.54 Å². The maximum atomic E-state index is 5.45. The van der Waals surface area contributed by atoms with Crippen LogP contribution >= 0.6 is 43.2 Å². The van der Waals surface area contributed by atoms with Gasteiger partial charge in [0, 0.05) is 27.5 Å². The lowest BCUT2D eigenvalue weighted by Crippen LogP contribution is -2.17. The number of thiophene rings is 1. The number of hydrogen-bond acceptors (Lipinski definition) is 3. The molecule has 0 fully saturated rings. The monoisotopic (exact) mass is 403 g/mol. The standard InChI is InChI=1S/C14H15Br2NOS/c1-9(13-4-3-5-19-13)17-8-10-6-11(15)7-12(16)14(10)18-2/h3-7,9,17H,8H2,1-2H3/t9-/m1/s1. The summed E-state index contributed by atoms with van der Waals surface area (Å²) in [5.41, 5.74) is 1.13. The normalized spacial score (nSPS) is 12.4. The molecule has 0 saturated carbocycles. The molecular formula is C14H15Br2NOS. The van der Waals surface area contributed by atoms with Gasteiger partial charge < -0.3 is 10.1 Å². The molecule has 0 aliphatic carbocycles. The van der Waals surface area contributed by atoms with Crippen LogP contribution in [0.5, 0.6) is 5.75 Å². The quantitative estimate of drug-likeness (QED) is 0.745. The van der Waals surface area contributed by atoms with E-state index >= 15 is 0 Å². The minimum absolute atomic E-state index is 0.336. The molecule has 0 unspecified atom stereocenters. The van der Waals surface area contributed by atoms with Gasteiger partial charge in [0.2, 0.25) is 0 Å². The fourth-order valence-corrected chi connectivity index (χ4v) is 4.11. The van der Waals surface area contributed by atoms with E-state index < -0.39 is 0 Å². The molecule has 1 heterocycles. The molecule has 0 radical (unpaired) electrons. The highest BCUT2D eigenvalue weighted by Crippen LogP contribution is 2.33. The Balaban J connectivity index is 2.11. The highest BCUT2D eigenvalue weighted by molar-refractivity contribution is 9.11. The molecule has 19 heavy (non-hydrogen) atoms. The molecule has 5 heteroatoms. The number of halogens is 2. The maximum Gasteiger partial charge on any atom is 0.137 e. The van der Waals surface area contributed by atoms with Crippen molar-refractivity contribution in [1.82, 2.24) is 5.32 Å². The molecule has 0 spiro atoms. The van der Waals surface area contributed by atoms with Gasteiger partial charge in [-0.15, -0.1) is 11.3 Å². The third-order valence-electron chi connectivity index (χ3n) is 2.86. The van der Waals surface area contributed by atoms with Crippen molar-refractivity contribution < 1.29 is 4.74 Å². The van der Waals surface area contributed by atoms with E-state index in [0.717, 1.165) is 26.8 Å². The second kappa shape index (κ2) is 6.88. The molecule has 2 aromatic rings. The van der Waals surface area contributed by atoms with Crippen LogP contribution in [0.15, 0.2) is 38.6 Å². The summed E-state index contributed by atoms with van der Waals surface area (Å²) in [5.74, 6) is 0.883. The molecule has 2 nitrogen and oxygen atoms in total. The van der Waals surface area contributed by atoms with Gasteiger partial charge in [0.15, 0.2) is 0 Å². The second-order valence-electron chi connectivity index (χ2n) is 4.20. The largest absolute Gasteiger partial charge is 0.495 e. The lowest BCUT2D eigenvalue weighted by atomic mass is 10.2. The fraction of sp³-hybridized carbons (Fsp3) is 0.286. The molecule has 1 aromatic carbocycles.